The number of ether oxygens (including phenoxy) is 1. The van der Waals surface area contributed by atoms with Gasteiger partial charge in [-0.05, 0) is 50.5 Å². The molecule has 0 spiro atoms. The maximum absolute atomic E-state index is 12.6. The Morgan fingerprint density at radius 2 is 2.20 bits per heavy atom. The lowest BCUT2D eigenvalue weighted by molar-refractivity contribution is 0.316. The van der Waals surface area contributed by atoms with Crippen LogP contribution in [0.5, 0.6) is 5.75 Å². The Morgan fingerprint density at radius 1 is 1.45 bits per heavy atom. The summed E-state index contributed by atoms with van der Waals surface area (Å²) in [6.45, 7) is 5.26. The quantitative estimate of drug-likeness (QED) is 0.914. The molecule has 1 heterocycles. The number of aryl methyl sites for hydroxylation is 1. The molecular weight excluding hydrogens is 276 g/mol. The first-order chi connectivity index (χ1) is 9.45. The first-order valence-electron chi connectivity index (χ1n) is 6.94. The van der Waals surface area contributed by atoms with Gasteiger partial charge in [-0.25, -0.2) is 8.42 Å². The Labute approximate surface area is 120 Å². The molecular formula is C14H22N2O3S. The molecule has 20 heavy (non-hydrogen) atoms. The van der Waals surface area contributed by atoms with Crippen molar-refractivity contribution >= 4 is 10.0 Å². The Kier molecular flexibility index (Phi) is 4.67. The molecule has 5 nitrogen and oxygen atoms in total. The SMILES string of the molecule is CCOc1ccc(S(=O)(=O)N2CCCC(N)C2)cc1C. The summed E-state index contributed by atoms with van der Waals surface area (Å²) >= 11 is 0. The molecule has 0 radical (unpaired) electrons. The fourth-order valence-corrected chi connectivity index (χ4v) is 4.06. The highest BCUT2D eigenvalue weighted by atomic mass is 32.2. The lowest BCUT2D eigenvalue weighted by Gasteiger charge is -2.30. The van der Waals surface area contributed by atoms with Crippen LogP contribution in [0.25, 0.3) is 0 Å². The maximum Gasteiger partial charge on any atom is 0.243 e. The van der Waals surface area contributed by atoms with E-state index in [0.29, 0.717) is 24.6 Å². The standard InChI is InChI=1S/C14H22N2O3S/c1-3-19-14-7-6-13(9-11(14)2)20(17,18)16-8-4-5-12(15)10-16/h6-7,9,12H,3-5,8,10,15H2,1-2H3. The third-order valence-electron chi connectivity index (χ3n) is 3.50. The van der Waals surface area contributed by atoms with E-state index in [1.807, 2.05) is 13.8 Å². The number of hydrogen-bond acceptors (Lipinski definition) is 4. The fraction of sp³-hybridized carbons (Fsp3) is 0.571. The molecule has 1 aromatic rings. The summed E-state index contributed by atoms with van der Waals surface area (Å²) in [5.74, 6) is 0.724. The molecule has 1 fully saturated rings. The summed E-state index contributed by atoms with van der Waals surface area (Å²) in [5, 5.41) is 0. The zero-order valence-electron chi connectivity index (χ0n) is 12.0. The molecule has 1 aliphatic heterocycles. The van der Waals surface area contributed by atoms with Crippen molar-refractivity contribution in [2.45, 2.75) is 37.6 Å². The lowest BCUT2D eigenvalue weighted by Crippen LogP contribution is -2.45. The number of hydrogen-bond donors (Lipinski definition) is 1. The van der Waals surface area contributed by atoms with Crippen LogP contribution in [-0.2, 0) is 10.0 Å². The molecule has 2 rings (SSSR count). The van der Waals surface area contributed by atoms with Crippen LogP contribution in [0.2, 0.25) is 0 Å². The third kappa shape index (κ3) is 3.13. The number of nitrogens with two attached hydrogens (primary N) is 1. The van der Waals surface area contributed by atoms with Crippen LogP contribution < -0.4 is 10.5 Å². The van der Waals surface area contributed by atoms with Crippen molar-refractivity contribution in [1.29, 1.82) is 0 Å². The normalized spacial score (nSPS) is 20.9. The minimum Gasteiger partial charge on any atom is -0.494 e. The van der Waals surface area contributed by atoms with Crippen molar-refractivity contribution < 1.29 is 13.2 Å². The highest BCUT2D eigenvalue weighted by molar-refractivity contribution is 7.89. The van der Waals surface area contributed by atoms with Gasteiger partial charge >= 0.3 is 0 Å². The Hall–Kier alpha value is -1.11. The van der Waals surface area contributed by atoms with E-state index < -0.39 is 10.0 Å². The predicted octanol–water partition coefficient (Wildman–Crippen LogP) is 1.51. The van der Waals surface area contributed by atoms with E-state index >= 15 is 0 Å². The van der Waals surface area contributed by atoms with Gasteiger partial charge in [-0.2, -0.15) is 4.31 Å². The van der Waals surface area contributed by atoms with E-state index in [4.69, 9.17) is 10.5 Å². The van der Waals surface area contributed by atoms with Crippen molar-refractivity contribution in [2.24, 2.45) is 5.73 Å². The van der Waals surface area contributed by atoms with E-state index in [9.17, 15) is 8.42 Å². The van der Waals surface area contributed by atoms with Gasteiger partial charge in [0.15, 0.2) is 0 Å². The number of sulfonamides is 1. The molecule has 1 atom stereocenters. The van der Waals surface area contributed by atoms with Gasteiger partial charge in [-0.15, -0.1) is 0 Å². The molecule has 0 bridgehead atoms. The topological polar surface area (TPSA) is 72.6 Å². The molecule has 112 valence electrons. The van der Waals surface area contributed by atoms with Crippen LogP contribution >= 0.6 is 0 Å². The van der Waals surface area contributed by atoms with Gasteiger partial charge in [0, 0.05) is 19.1 Å². The van der Waals surface area contributed by atoms with E-state index in [1.165, 1.54) is 4.31 Å². The highest BCUT2D eigenvalue weighted by Gasteiger charge is 2.29. The van der Waals surface area contributed by atoms with Crippen LogP contribution in [-0.4, -0.2) is 38.5 Å². The van der Waals surface area contributed by atoms with Crippen LogP contribution in [0.4, 0.5) is 0 Å². The zero-order chi connectivity index (χ0) is 14.8. The third-order valence-corrected chi connectivity index (χ3v) is 5.37. The molecule has 1 aromatic carbocycles. The Bertz CT molecular complexity index is 572. The minimum absolute atomic E-state index is 0.0673. The summed E-state index contributed by atoms with van der Waals surface area (Å²) in [7, 11) is -3.45. The van der Waals surface area contributed by atoms with Crippen LogP contribution in [0.15, 0.2) is 23.1 Å². The van der Waals surface area contributed by atoms with E-state index in [1.54, 1.807) is 18.2 Å². The Balaban J connectivity index is 2.27. The second kappa shape index (κ2) is 6.11. The van der Waals surface area contributed by atoms with Gasteiger partial charge in [-0.1, -0.05) is 0 Å². The molecule has 6 heteroatoms. The van der Waals surface area contributed by atoms with Crippen molar-refractivity contribution in [2.75, 3.05) is 19.7 Å². The van der Waals surface area contributed by atoms with Crippen LogP contribution in [0, 0.1) is 6.92 Å². The van der Waals surface area contributed by atoms with Crippen molar-refractivity contribution in [1.82, 2.24) is 4.31 Å². The molecule has 1 aliphatic rings. The van der Waals surface area contributed by atoms with Gasteiger partial charge in [0.05, 0.1) is 11.5 Å². The number of nitrogens with zero attached hydrogens (tertiary/aromatic N) is 1. The molecule has 0 aromatic heterocycles. The smallest absolute Gasteiger partial charge is 0.243 e. The molecule has 0 saturated carbocycles. The minimum atomic E-state index is -3.45. The van der Waals surface area contributed by atoms with Gasteiger partial charge in [0.2, 0.25) is 10.0 Å². The monoisotopic (exact) mass is 298 g/mol. The second-order valence-electron chi connectivity index (χ2n) is 5.13. The summed E-state index contributed by atoms with van der Waals surface area (Å²) in [6, 6.07) is 4.92. The average Bonchev–Trinajstić information content (AvgIpc) is 2.41. The molecule has 2 N–H and O–H groups in total. The van der Waals surface area contributed by atoms with Gasteiger partial charge in [-0.3, -0.25) is 0 Å². The summed E-state index contributed by atoms with van der Waals surface area (Å²) in [4.78, 5) is 0.313. The average molecular weight is 298 g/mol. The molecule has 0 aliphatic carbocycles. The van der Waals surface area contributed by atoms with Crippen LogP contribution in [0.1, 0.15) is 25.3 Å². The van der Waals surface area contributed by atoms with Gasteiger partial charge in [0.25, 0.3) is 0 Å². The summed E-state index contributed by atoms with van der Waals surface area (Å²) < 4.78 is 32.1. The second-order valence-corrected chi connectivity index (χ2v) is 7.06. The zero-order valence-corrected chi connectivity index (χ0v) is 12.8. The first-order valence-corrected chi connectivity index (χ1v) is 8.38. The summed E-state index contributed by atoms with van der Waals surface area (Å²) in [6.07, 6.45) is 1.70. The van der Waals surface area contributed by atoms with E-state index in [2.05, 4.69) is 0 Å². The van der Waals surface area contributed by atoms with Crippen molar-refractivity contribution in [3.63, 3.8) is 0 Å². The van der Waals surface area contributed by atoms with Gasteiger partial charge < -0.3 is 10.5 Å². The first kappa shape index (κ1) is 15.3. The summed E-state index contributed by atoms with van der Waals surface area (Å²) in [5.41, 5.74) is 6.70. The maximum atomic E-state index is 12.6. The largest absolute Gasteiger partial charge is 0.494 e. The molecule has 1 unspecified atom stereocenters. The van der Waals surface area contributed by atoms with E-state index in [-0.39, 0.29) is 6.04 Å². The number of benzene rings is 1. The molecule has 1 saturated heterocycles. The van der Waals surface area contributed by atoms with E-state index in [0.717, 1.165) is 24.2 Å². The predicted molar refractivity (Wildman–Crippen MR) is 78.3 cm³/mol. The number of rotatable bonds is 4. The highest BCUT2D eigenvalue weighted by Crippen LogP contribution is 2.25. The number of piperidine rings is 1. The Morgan fingerprint density at radius 3 is 2.80 bits per heavy atom. The fourth-order valence-electron chi connectivity index (χ4n) is 2.44. The van der Waals surface area contributed by atoms with Crippen molar-refractivity contribution in [3.05, 3.63) is 23.8 Å². The van der Waals surface area contributed by atoms with Crippen molar-refractivity contribution in [3.8, 4) is 5.75 Å². The van der Waals surface area contributed by atoms with Gasteiger partial charge in [0.1, 0.15) is 5.75 Å². The van der Waals surface area contributed by atoms with Crippen LogP contribution in [0.3, 0.4) is 0 Å². The lowest BCUT2D eigenvalue weighted by atomic mass is 10.1. The molecule has 0 amide bonds.